The van der Waals surface area contributed by atoms with Crippen LogP contribution in [0.3, 0.4) is 0 Å². The summed E-state index contributed by atoms with van der Waals surface area (Å²) in [6, 6.07) is 11.0. The molecule has 1 heterocycles. The first-order chi connectivity index (χ1) is 12.1. The predicted octanol–water partition coefficient (Wildman–Crippen LogP) is 3.81. The van der Waals surface area contributed by atoms with E-state index >= 15 is 0 Å². The van der Waals surface area contributed by atoms with E-state index in [1.165, 1.54) is 22.4 Å². The molecule has 0 amide bonds. The van der Waals surface area contributed by atoms with Crippen molar-refractivity contribution in [1.29, 1.82) is 0 Å². The number of phenols is 1. The zero-order valence-electron chi connectivity index (χ0n) is 15.4. The maximum absolute atomic E-state index is 10.1. The second kappa shape index (κ2) is 8.84. The van der Waals surface area contributed by atoms with E-state index in [-0.39, 0.29) is 0 Å². The van der Waals surface area contributed by atoms with Gasteiger partial charge in [-0.3, -0.25) is 4.90 Å². The molecule has 3 nitrogen and oxygen atoms in total. The lowest BCUT2D eigenvalue weighted by atomic mass is 9.86. The summed E-state index contributed by atoms with van der Waals surface area (Å²) in [4.78, 5) is 6.44. The Bertz CT molecular complexity index is 654. The van der Waals surface area contributed by atoms with Crippen LogP contribution in [0.1, 0.15) is 28.8 Å². The molecule has 1 atom stereocenters. The van der Waals surface area contributed by atoms with Crippen molar-refractivity contribution in [2.45, 2.75) is 38.1 Å². The number of phenolic OH excluding ortho intramolecular Hbond substituents is 1. The molecular formula is C21H30N2OS. The van der Waals surface area contributed by atoms with Gasteiger partial charge in [-0.25, -0.2) is 0 Å². The number of hydrogen-bond donors (Lipinski definition) is 1. The highest BCUT2D eigenvalue weighted by Gasteiger charge is 2.25. The van der Waals surface area contributed by atoms with Gasteiger partial charge in [0.25, 0.3) is 0 Å². The van der Waals surface area contributed by atoms with E-state index in [1.807, 2.05) is 23.5 Å². The smallest absolute Gasteiger partial charge is 0.119 e. The zero-order chi connectivity index (χ0) is 17.6. The second-order valence-corrected chi connectivity index (χ2v) is 8.37. The molecule has 25 heavy (non-hydrogen) atoms. The second-order valence-electron chi connectivity index (χ2n) is 7.33. The summed E-state index contributed by atoms with van der Waals surface area (Å²) in [5.41, 5.74) is 2.51. The molecule has 1 N–H and O–H groups in total. The Morgan fingerprint density at radius 1 is 1.12 bits per heavy atom. The number of nitrogens with zero attached hydrogens (tertiary/aromatic N) is 2. The van der Waals surface area contributed by atoms with Crippen molar-refractivity contribution in [1.82, 2.24) is 9.80 Å². The molecule has 1 aliphatic carbocycles. The minimum absolute atomic E-state index is 0.480. The fourth-order valence-corrected chi connectivity index (χ4v) is 4.55. The maximum Gasteiger partial charge on any atom is 0.119 e. The lowest BCUT2D eigenvalue weighted by molar-refractivity contribution is 0.173. The average Bonchev–Trinajstić information content (AvgIpc) is 3.11. The van der Waals surface area contributed by atoms with Crippen LogP contribution < -0.4 is 0 Å². The highest BCUT2D eigenvalue weighted by molar-refractivity contribution is 7.09. The molecule has 0 fully saturated rings. The summed E-state index contributed by atoms with van der Waals surface area (Å²) >= 11 is 1.86. The number of benzene rings is 1. The Balaban J connectivity index is 1.65. The van der Waals surface area contributed by atoms with Crippen LogP contribution in [0.15, 0.2) is 35.7 Å². The van der Waals surface area contributed by atoms with Crippen molar-refractivity contribution in [3.8, 4) is 5.75 Å². The molecule has 0 bridgehead atoms. The lowest BCUT2D eigenvalue weighted by Crippen LogP contribution is -2.41. The largest absolute Gasteiger partial charge is 0.508 e. The fourth-order valence-electron chi connectivity index (χ4n) is 3.86. The molecule has 3 rings (SSSR count). The Kier molecular flexibility index (Phi) is 6.51. The molecule has 4 heteroatoms. The van der Waals surface area contributed by atoms with Crippen LogP contribution in [0.2, 0.25) is 0 Å². The van der Waals surface area contributed by atoms with Crippen molar-refractivity contribution in [2.24, 2.45) is 0 Å². The normalized spacial score (nSPS) is 17.2. The van der Waals surface area contributed by atoms with Crippen LogP contribution >= 0.6 is 11.3 Å². The van der Waals surface area contributed by atoms with E-state index in [0.717, 1.165) is 45.3 Å². The Hall–Kier alpha value is -1.36. The van der Waals surface area contributed by atoms with Crippen molar-refractivity contribution < 1.29 is 5.11 Å². The predicted molar refractivity (Wildman–Crippen MR) is 107 cm³/mol. The first kappa shape index (κ1) is 18.4. The third-order valence-electron chi connectivity index (χ3n) is 5.22. The highest BCUT2D eigenvalue weighted by atomic mass is 32.1. The topological polar surface area (TPSA) is 26.7 Å². The van der Waals surface area contributed by atoms with Gasteiger partial charge in [-0.1, -0.05) is 18.2 Å². The SMILES string of the molecule is CN(C)CCCN(CCc1cccs1)C1CCc2c(O)cccc2C1. The van der Waals surface area contributed by atoms with Crippen molar-refractivity contribution in [3.63, 3.8) is 0 Å². The Morgan fingerprint density at radius 2 is 2.00 bits per heavy atom. The molecular weight excluding hydrogens is 328 g/mol. The van der Waals surface area contributed by atoms with Gasteiger partial charge in [0.1, 0.15) is 5.75 Å². The highest BCUT2D eigenvalue weighted by Crippen LogP contribution is 2.30. The Morgan fingerprint density at radius 3 is 2.76 bits per heavy atom. The standard InChI is InChI=1S/C21H30N2OS/c1-22(2)12-5-13-23(14-11-19-7-4-15-25-19)18-9-10-20-17(16-18)6-3-8-21(20)24/h3-4,6-8,15,18,24H,5,9-14,16H2,1-2H3. The quantitative estimate of drug-likeness (QED) is 0.777. The summed E-state index contributed by atoms with van der Waals surface area (Å²) in [5.74, 6) is 0.480. The monoisotopic (exact) mass is 358 g/mol. The molecule has 0 radical (unpaired) electrons. The van der Waals surface area contributed by atoms with Crippen LogP contribution in [0.25, 0.3) is 0 Å². The van der Waals surface area contributed by atoms with E-state index in [9.17, 15) is 5.11 Å². The van der Waals surface area contributed by atoms with Gasteiger partial charge < -0.3 is 10.0 Å². The summed E-state index contributed by atoms with van der Waals surface area (Å²) in [7, 11) is 4.30. The average molecular weight is 359 g/mol. The lowest BCUT2D eigenvalue weighted by Gasteiger charge is -2.35. The minimum Gasteiger partial charge on any atom is -0.508 e. The van der Waals surface area contributed by atoms with Crippen LogP contribution in [-0.4, -0.2) is 54.7 Å². The van der Waals surface area contributed by atoms with Crippen molar-refractivity contribution in [3.05, 3.63) is 51.7 Å². The maximum atomic E-state index is 10.1. The molecule has 0 saturated carbocycles. The van der Waals surface area contributed by atoms with Crippen LogP contribution in [0.4, 0.5) is 0 Å². The third kappa shape index (κ3) is 5.06. The zero-order valence-corrected chi connectivity index (χ0v) is 16.3. The molecule has 1 aliphatic rings. The number of rotatable bonds is 8. The van der Waals surface area contributed by atoms with E-state index in [4.69, 9.17) is 0 Å². The first-order valence-corrected chi connectivity index (χ1v) is 10.2. The van der Waals surface area contributed by atoms with Gasteiger partial charge in [-0.05, 0) is 87.9 Å². The molecule has 1 aromatic heterocycles. The molecule has 136 valence electrons. The number of thiophene rings is 1. The molecule has 0 saturated heterocycles. The number of fused-ring (bicyclic) bond motifs is 1. The van der Waals surface area contributed by atoms with Crippen LogP contribution in [0, 0.1) is 0 Å². The minimum atomic E-state index is 0.480. The molecule has 1 aromatic carbocycles. The molecule has 0 spiro atoms. The number of aromatic hydroxyl groups is 1. The van der Waals surface area contributed by atoms with Gasteiger partial charge in [0, 0.05) is 17.5 Å². The van der Waals surface area contributed by atoms with Crippen molar-refractivity contribution in [2.75, 3.05) is 33.7 Å². The summed E-state index contributed by atoms with van der Waals surface area (Å²) in [6.07, 6.45) is 5.56. The summed E-state index contributed by atoms with van der Waals surface area (Å²) < 4.78 is 0. The molecule has 2 aromatic rings. The van der Waals surface area contributed by atoms with Crippen molar-refractivity contribution >= 4 is 11.3 Å². The van der Waals surface area contributed by atoms with E-state index in [0.29, 0.717) is 11.8 Å². The van der Waals surface area contributed by atoms with Gasteiger partial charge >= 0.3 is 0 Å². The first-order valence-electron chi connectivity index (χ1n) is 9.34. The van der Waals surface area contributed by atoms with Gasteiger partial charge in [0.15, 0.2) is 0 Å². The van der Waals surface area contributed by atoms with E-state index in [2.05, 4.69) is 47.5 Å². The fraction of sp³-hybridized carbons (Fsp3) is 0.524. The number of hydrogen-bond acceptors (Lipinski definition) is 4. The summed E-state index contributed by atoms with van der Waals surface area (Å²) in [6.45, 7) is 3.43. The summed E-state index contributed by atoms with van der Waals surface area (Å²) in [5, 5.41) is 12.3. The van der Waals surface area contributed by atoms with Crippen LogP contribution in [0.5, 0.6) is 5.75 Å². The molecule has 0 aliphatic heterocycles. The Labute approximate surface area is 155 Å². The van der Waals surface area contributed by atoms with E-state index in [1.54, 1.807) is 0 Å². The van der Waals surface area contributed by atoms with Gasteiger partial charge in [0.2, 0.25) is 0 Å². The van der Waals surface area contributed by atoms with Gasteiger partial charge in [-0.15, -0.1) is 11.3 Å². The van der Waals surface area contributed by atoms with E-state index < -0.39 is 0 Å². The van der Waals surface area contributed by atoms with Gasteiger partial charge in [0.05, 0.1) is 0 Å². The third-order valence-corrected chi connectivity index (χ3v) is 6.16. The van der Waals surface area contributed by atoms with Gasteiger partial charge in [-0.2, -0.15) is 0 Å². The van der Waals surface area contributed by atoms with Crippen LogP contribution in [-0.2, 0) is 19.3 Å². The molecule has 1 unspecified atom stereocenters.